The number of quaternary nitrogens is 2. The van der Waals surface area contributed by atoms with Crippen LogP contribution in [0.15, 0.2) is 36.4 Å². The molecule has 9 nitrogen and oxygen atoms in total. The molecule has 0 aromatic heterocycles. The number of nitrogens with zero attached hydrogens (tertiary/aromatic N) is 1. The summed E-state index contributed by atoms with van der Waals surface area (Å²) in [6.45, 7) is 25.5. The molecule has 1 amide bonds. The van der Waals surface area contributed by atoms with E-state index >= 15 is 4.39 Å². The molecule has 1 aliphatic rings. The Morgan fingerprint density at radius 1 is 0.812 bits per heavy atom. The van der Waals surface area contributed by atoms with Gasteiger partial charge in [-0.15, -0.1) is 0 Å². The fourth-order valence-electron chi connectivity index (χ4n) is 5.70. The van der Waals surface area contributed by atoms with Gasteiger partial charge in [-0.2, -0.15) is 13.2 Å². The van der Waals surface area contributed by atoms with Gasteiger partial charge in [0.1, 0.15) is 12.5 Å². The zero-order valence-corrected chi connectivity index (χ0v) is 31.7. The number of anilines is 1. The molecular formula is C33H51ClF4N3O6P. The van der Waals surface area contributed by atoms with Crippen LogP contribution in [0.4, 0.5) is 23.2 Å². The van der Waals surface area contributed by atoms with Gasteiger partial charge in [0.25, 0.3) is 5.91 Å². The molecule has 0 saturated carbocycles. The highest BCUT2D eigenvalue weighted by molar-refractivity contribution is 7.43. The van der Waals surface area contributed by atoms with Gasteiger partial charge in [0, 0.05) is 16.1 Å². The van der Waals surface area contributed by atoms with E-state index in [9.17, 15) is 32.3 Å². The Bertz CT molecular complexity index is 1410. The van der Waals surface area contributed by atoms with Crippen LogP contribution < -0.4 is 30.1 Å². The maximum atomic E-state index is 16.3. The number of ether oxygens (including phenoxy) is 1. The number of amides is 1. The number of hydrogen-bond acceptors (Lipinski definition) is 6. The fraction of sp³-hybridized carbons (Fsp3) is 0.606. The number of carbonyl (C=O) groups is 1. The quantitative estimate of drug-likeness (QED) is 0.328. The van der Waals surface area contributed by atoms with E-state index in [1.807, 2.05) is 0 Å². The van der Waals surface area contributed by atoms with Crippen LogP contribution in [0.2, 0.25) is 5.02 Å². The number of alkyl halides is 4. The first-order chi connectivity index (χ1) is 21.2. The molecule has 274 valence electrons. The van der Waals surface area contributed by atoms with Crippen LogP contribution in [0.3, 0.4) is 0 Å². The molecule has 0 radical (unpaired) electrons. The Balaban J connectivity index is 0.000000525. The third-order valence-corrected chi connectivity index (χ3v) is 6.80. The van der Waals surface area contributed by atoms with Gasteiger partial charge in [0.15, 0.2) is 0 Å². The van der Waals surface area contributed by atoms with Crippen LogP contribution in [0, 0.1) is 0 Å². The van der Waals surface area contributed by atoms with E-state index in [0.717, 1.165) is 12.1 Å². The number of rotatable bonds is 5. The lowest BCUT2D eigenvalue weighted by molar-refractivity contribution is -0.772. The summed E-state index contributed by atoms with van der Waals surface area (Å²) >= 11 is 5.89. The summed E-state index contributed by atoms with van der Waals surface area (Å²) in [5.41, 5.74) is -4.45. The molecule has 0 aliphatic carbocycles. The lowest BCUT2D eigenvalue weighted by Crippen LogP contribution is -3.02. The van der Waals surface area contributed by atoms with Crippen LogP contribution in [0.1, 0.15) is 99.8 Å². The minimum absolute atomic E-state index is 0.00223. The number of methoxy groups -OCH3 is 1. The number of phosphoric ester groups is 1. The highest BCUT2D eigenvalue weighted by Crippen LogP contribution is 2.51. The highest BCUT2D eigenvalue weighted by atomic mass is 35.5. The summed E-state index contributed by atoms with van der Waals surface area (Å²) in [6.07, 6.45) is -4.84. The van der Waals surface area contributed by atoms with Crippen molar-refractivity contribution >= 4 is 31.0 Å². The van der Waals surface area contributed by atoms with Gasteiger partial charge in [-0.25, -0.2) is 4.39 Å². The van der Waals surface area contributed by atoms with E-state index < -0.39 is 54.7 Å². The molecule has 48 heavy (non-hydrogen) atoms. The Morgan fingerprint density at radius 3 is 1.62 bits per heavy atom. The van der Waals surface area contributed by atoms with Crippen molar-refractivity contribution in [2.45, 2.75) is 117 Å². The molecular weight excluding hydrogens is 677 g/mol. The van der Waals surface area contributed by atoms with Gasteiger partial charge in [0.05, 0.1) is 48.3 Å². The predicted octanol–water partition coefficient (Wildman–Crippen LogP) is 5.02. The molecule has 1 aliphatic heterocycles. The lowest BCUT2D eigenvalue weighted by Gasteiger charge is -2.31. The van der Waals surface area contributed by atoms with Crippen molar-refractivity contribution in [2.75, 3.05) is 18.7 Å². The molecule has 15 heteroatoms. The number of phosphoric acid groups is 1. The number of fused-ring (bicyclic) bond motifs is 1. The van der Waals surface area contributed by atoms with E-state index in [-0.39, 0.29) is 10.8 Å². The number of nitrogens with two attached hydrogens (primary N) is 2. The van der Waals surface area contributed by atoms with E-state index in [1.54, 1.807) is 0 Å². The van der Waals surface area contributed by atoms with E-state index in [4.69, 9.17) is 16.3 Å². The summed E-state index contributed by atoms with van der Waals surface area (Å²) < 4.78 is 75.5. The minimum Gasteiger partial charge on any atom is -0.790 e. The monoisotopic (exact) mass is 727 g/mol. The predicted molar refractivity (Wildman–Crippen MR) is 175 cm³/mol. The largest absolute Gasteiger partial charge is 0.790 e. The smallest absolute Gasteiger partial charge is 0.416 e. The molecule has 4 N–H and O–H groups in total. The van der Waals surface area contributed by atoms with E-state index in [0.29, 0.717) is 39.2 Å². The van der Waals surface area contributed by atoms with Crippen LogP contribution in [-0.2, 0) is 25.7 Å². The molecule has 0 spiro atoms. The Morgan fingerprint density at radius 2 is 1.27 bits per heavy atom. The molecule has 0 unspecified atom stereocenters. The first kappa shape index (κ1) is 43.8. The average molecular weight is 728 g/mol. The number of benzene rings is 2. The maximum absolute atomic E-state index is 16.3. The van der Waals surface area contributed by atoms with Gasteiger partial charge >= 0.3 is 6.18 Å². The van der Waals surface area contributed by atoms with Gasteiger partial charge in [-0.1, -0.05) is 17.7 Å². The molecule has 0 saturated heterocycles. The van der Waals surface area contributed by atoms with Crippen molar-refractivity contribution in [3.63, 3.8) is 0 Å². The van der Waals surface area contributed by atoms with Crippen molar-refractivity contribution < 1.29 is 56.6 Å². The van der Waals surface area contributed by atoms with Gasteiger partial charge in [-0.05, 0) is 113 Å². The van der Waals surface area contributed by atoms with Crippen molar-refractivity contribution in [1.29, 1.82) is 0 Å². The zero-order chi connectivity index (χ0) is 37.9. The maximum Gasteiger partial charge on any atom is 0.416 e. The summed E-state index contributed by atoms with van der Waals surface area (Å²) in [6, 6.07) is 5.40. The Labute approximate surface area is 287 Å². The van der Waals surface area contributed by atoms with Gasteiger partial charge in [0.2, 0.25) is 5.67 Å². The fourth-order valence-corrected chi connectivity index (χ4v) is 6.13. The summed E-state index contributed by atoms with van der Waals surface area (Å²) in [7, 11) is -4.45. The Kier molecular flexibility index (Phi) is 14.0. The second-order valence-corrected chi connectivity index (χ2v) is 17.5. The minimum atomic E-state index is -5.62. The third kappa shape index (κ3) is 13.9. The second kappa shape index (κ2) is 15.3. The summed E-state index contributed by atoms with van der Waals surface area (Å²) in [5.74, 6) is -1.62. The molecule has 1 heterocycles. The topological polar surface area (TPSA) is 135 Å². The summed E-state index contributed by atoms with van der Waals surface area (Å²) in [4.78, 5) is 34.9. The average Bonchev–Trinajstić information content (AvgIpc) is 3.04. The lowest BCUT2D eigenvalue weighted by atomic mass is 9.88. The van der Waals surface area contributed by atoms with Crippen molar-refractivity contribution in [3.05, 3.63) is 58.1 Å². The number of hydrogen-bond donors (Lipinski definition) is 2. The van der Waals surface area contributed by atoms with E-state index in [1.165, 1.54) is 19.2 Å². The number of halogens is 5. The van der Waals surface area contributed by atoms with Crippen LogP contribution in [0.25, 0.3) is 0 Å². The van der Waals surface area contributed by atoms with Crippen molar-refractivity contribution in [3.8, 4) is 5.75 Å². The van der Waals surface area contributed by atoms with Crippen LogP contribution in [0.5, 0.6) is 5.75 Å². The van der Waals surface area contributed by atoms with Crippen LogP contribution >= 0.6 is 19.4 Å². The highest BCUT2D eigenvalue weighted by Gasteiger charge is 2.55. The second-order valence-electron chi connectivity index (χ2n) is 15.9. The Hall–Kier alpha value is -2.25. The number of carbonyl (C=O) groups excluding carboxylic acids is 1. The molecule has 3 rings (SSSR count). The SMILES string of the molecule is CC(C)(C)[NH2+]C(C)(C)C.CC(C)(C)[NH2+]C(C)(C)C.COc1ccc(Cl)cc1[C@]1(F)C(=O)N(COP(=O)([O-])[O-])c2cc(C(F)(F)F)ccc21. The molecule has 2 aromatic rings. The molecule has 0 bridgehead atoms. The van der Waals surface area contributed by atoms with Gasteiger partial charge < -0.3 is 34.2 Å². The first-order valence-electron chi connectivity index (χ1n) is 15.2. The third-order valence-electron chi connectivity index (χ3n) is 6.14. The summed E-state index contributed by atoms with van der Waals surface area (Å²) in [5, 5.41) is 4.75. The van der Waals surface area contributed by atoms with Gasteiger partial charge in [-0.3, -0.25) is 9.69 Å². The molecule has 2 aromatic carbocycles. The first-order valence-corrected chi connectivity index (χ1v) is 17.0. The molecule has 0 fully saturated rings. The van der Waals surface area contributed by atoms with Crippen LogP contribution in [-0.4, -0.2) is 41.9 Å². The normalized spacial score (nSPS) is 17.2. The van der Waals surface area contributed by atoms with E-state index in [2.05, 4.69) is 98.2 Å². The molecule has 1 atom stereocenters. The van der Waals surface area contributed by atoms with Crippen molar-refractivity contribution in [1.82, 2.24) is 0 Å². The standard InChI is InChI=1S/C17H13ClF4NO6P.2C8H19N/c1-28-14-5-3-10(18)7-12(14)16(19)11-4-2-9(17(20,21)22)6-13(11)23(15(16)24)8-29-30(25,26)27;2*1-7(2,3)9-8(4,5)6/h2-7H,8H2,1H3,(H2,25,26,27);2*9H,1-6H3/t16-;;/m0../s1. The zero-order valence-electron chi connectivity index (χ0n) is 30.1. The van der Waals surface area contributed by atoms with Crippen molar-refractivity contribution in [2.24, 2.45) is 0 Å².